The lowest BCUT2D eigenvalue weighted by molar-refractivity contribution is 0.0500. The minimum atomic E-state index is 0.264. The van der Waals surface area contributed by atoms with Crippen LogP contribution in [0, 0.1) is 0 Å². The summed E-state index contributed by atoms with van der Waals surface area (Å²) in [7, 11) is 3.81. The standard InChI is InChI=1S/C13H15ClNOSi/c1-7-6-16-11-5-8-4-9(14)2-3-10(8)12(11)13(17)15-7/h2-4,7,11-13,15H,5-6H2,1H3/t7-,11-,12+,13?/m1/s1. The van der Waals surface area contributed by atoms with Gasteiger partial charge in [0, 0.05) is 32.9 Å². The van der Waals surface area contributed by atoms with Crippen molar-refractivity contribution in [3.8, 4) is 0 Å². The van der Waals surface area contributed by atoms with Crippen LogP contribution in [0.1, 0.15) is 24.0 Å². The van der Waals surface area contributed by atoms with E-state index < -0.39 is 0 Å². The third-order valence-electron chi connectivity index (χ3n) is 3.67. The molecule has 4 atom stereocenters. The highest BCUT2D eigenvalue weighted by Gasteiger charge is 2.39. The van der Waals surface area contributed by atoms with Gasteiger partial charge in [-0.15, -0.1) is 0 Å². The van der Waals surface area contributed by atoms with E-state index in [0.29, 0.717) is 12.0 Å². The van der Waals surface area contributed by atoms with Crippen LogP contribution in [-0.2, 0) is 11.2 Å². The summed E-state index contributed by atoms with van der Waals surface area (Å²) in [5.74, 6) is 0.379. The molecule has 1 aliphatic carbocycles. The monoisotopic (exact) mass is 264 g/mol. The fourth-order valence-electron chi connectivity index (χ4n) is 2.90. The number of benzene rings is 1. The second kappa shape index (κ2) is 4.39. The summed E-state index contributed by atoms with van der Waals surface area (Å²) >= 11 is 6.04. The normalized spacial score (nSPS) is 36.2. The second-order valence-corrected chi connectivity index (χ2v) is 6.05. The van der Waals surface area contributed by atoms with E-state index in [2.05, 4.69) is 34.6 Å². The molecule has 1 aliphatic heterocycles. The van der Waals surface area contributed by atoms with Gasteiger partial charge in [0.1, 0.15) is 0 Å². The lowest BCUT2D eigenvalue weighted by Gasteiger charge is -2.23. The molecule has 1 N–H and O–H groups in total. The maximum absolute atomic E-state index is 6.04. The summed E-state index contributed by atoms with van der Waals surface area (Å²) in [6, 6.07) is 6.56. The minimum absolute atomic E-state index is 0.264. The molecular weight excluding hydrogens is 250 g/mol. The molecule has 89 valence electrons. The largest absolute Gasteiger partial charge is 0.376 e. The first-order valence-electron chi connectivity index (χ1n) is 6.02. The van der Waals surface area contributed by atoms with Gasteiger partial charge < -0.3 is 10.1 Å². The maximum Gasteiger partial charge on any atom is 0.0696 e. The van der Waals surface area contributed by atoms with Gasteiger partial charge in [0.25, 0.3) is 0 Å². The topological polar surface area (TPSA) is 21.3 Å². The van der Waals surface area contributed by atoms with Crippen molar-refractivity contribution in [3.05, 3.63) is 34.3 Å². The van der Waals surface area contributed by atoms with Gasteiger partial charge in [-0.05, 0) is 36.6 Å². The van der Waals surface area contributed by atoms with Gasteiger partial charge in [0.15, 0.2) is 0 Å². The van der Waals surface area contributed by atoms with E-state index in [-0.39, 0.29) is 11.8 Å². The Hall–Kier alpha value is -0.353. The fourth-order valence-corrected chi connectivity index (χ4v) is 3.78. The Kier molecular flexibility index (Phi) is 3.03. The lowest BCUT2D eigenvalue weighted by Crippen LogP contribution is -2.40. The Bertz CT molecular complexity index is 439. The van der Waals surface area contributed by atoms with E-state index in [9.17, 15) is 0 Å². The molecule has 3 rings (SSSR count). The number of nitrogens with one attached hydrogen (secondary N) is 1. The van der Waals surface area contributed by atoms with Crippen LogP contribution in [0.5, 0.6) is 0 Å². The van der Waals surface area contributed by atoms with Gasteiger partial charge in [-0.2, -0.15) is 0 Å². The van der Waals surface area contributed by atoms with Crippen LogP contribution < -0.4 is 5.32 Å². The summed E-state index contributed by atoms with van der Waals surface area (Å²) in [6.07, 6.45) is 1.24. The van der Waals surface area contributed by atoms with Crippen LogP contribution in [-0.4, -0.2) is 34.7 Å². The molecule has 2 aliphatic rings. The van der Waals surface area contributed by atoms with E-state index in [1.54, 1.807) is 0 Å². The zero-order valence-electron chi connectivity index (χ0n) is 9.74. The van der Waals surface area contributed by atoms with E-state index >= 15 is 0 Å². The van der Waals surface area contributed by atoms with Gasteiger partial charge in [-0.25, -0.2) is 0 Å². The first kappa shape index (κ1) is 11.7. The summed E-state index contributed by atoms with van der Waals surface area (Å²) in [6.45, 7) is 2.92. The van der Waals surface area contributed by atoms with Gasteiger partial charge >= 0.3 is 0 Å². The van der Waals surface area contributed by atoms with Crippen LogP contribution >= 0.6 is 11.6 Å². The number of halogens is 1. The van der Waals surface area contributed by atoms with Crippen molar-refractivity contribution in [3.63, 3.8) is 0 Å². The Balaban J connectivity index is 1.97. The van der Waals surface area contributed by atoms with Gasteiger partial charge in [-0.1, -0.05) is 17.7 Å². The summed E-state index contributed by atoms with van der Waals surface area (Å²) in [4.78, 5) is 0. The molecular formula is C13H15ClNOSi. The predicted molar refractivity (Wildman–Crippen MR) is 69.8 cm³/mol. The molecule has 0 bridgehead atoms. The molecule has 4 heteroatoms. The van der Waals surface area contributed by atoms with Crippen LogP contribution in [0.25, 0.3) is 0 Å². The van der Waals surface area contributed by atoms with Gasteiger partial charge in [-0.3, -0.25) is 0 Å². The molecule has 1 fully saturated rings. The SMILES string of the molecule is C[C@@H]1CO[C@@H]2Cc3cc(Cl)ccc3[C@@H]2C([Si])N1. The maximum atomic E-state index is 6.04. The molecule has 0 amide bonds. The highest BCUT2D eigenvalue weighted by atomic mass is 35.5. The molecule has 1 heterocycles. The molecule has 1 unspecified atom stereocenters. The number of ether oxygens (including phenoxy) is 1. The van der Waals surface area contributed by atoms with Crippen LogP contribution in [0.4, 0.5) is 0 Å². The predicted octanol–water partition coefficient (Wildman–Crippen LogP) is 1.85. The molecule has 3 radical (unpaired) electrons. The zero-order valence-corrected chi connectivity index (χ0v) is 11.5. The first-order chi connectivity index (χ1) is 8.15. The van der Waals surface area contributed by atoms with Crippen molar-refractivity contribution < 1.29 is 4.74 Å². The molecule has 17 heavy (non-hydrogen) atoms. The third-order valence-corrected chi connectivity index (χ3v) is 4.43. The van der Waals surface area contributed by atoms with Crippen LogP contribution in [0.15, 0.2) is 18.2 Å². The molecule has 1 saturated heterocycles. The van der Waals surface area contributed by atoms with E-state index in [1.165, 1.54) is 11.1 Å². The molecule has 1 aromatic rings. The van der Waals surface area contributed by atoms with Gasteiger partial charge in [0.2, 0.25) is 0 Å². The number of fused-ring (bicyclic) bond motifs is 3. The number of hydrogen-bond donors (Lipinski definition) is 1. The Morgan fingerprint density at radius 2 is 2.29 bits per heavy atom. The fraction of sp³-hybridized carbons (Fsp3) is 0.538. The average molecular weight is 265 g/mol. The van der Waals surface area contributed by atoms with Crippen molar-refractivity contribution in [1.82, 2.24) is 5.32 Å². The Morgan fingerprint density at radius 3 is 3.12 bits per heavy atom. The van der Waals surface area contributed by atoms with Crippen LogP contribution in [0.2, 0.25) is 5.02 Å². The smallest absolute Gasteiger partial charge is 0.0696 e. The van der Waals surface area contributed by atoms with Crippen molar-refractivity contribution >= 4 is 21.8 Å². The van der Waals surface area contributed by atoms with Crippen molar-refractivity contribution in [1.29, 1.82) is 0 Å². The summed E-state index contributed by atoms with van der Waals surface area (Å²) in [5.41, 5.74) is 2.95. The summed E-state index contributed by atoms with van der Waals surface area (Å²) < 4.78 is 6.00. The number of hydrogen-bond acceptors (Lipinski definition) is 2. The Labute approximate surface area is 110 Å². The molecule has 0 saturated carbocycles. The van der Waals surface area contributed by atoms with E-state index in [4.69, 9.17) is 16.3 Å². The average Bonchev–Trinajstić information content (AvgIpc) is 2.56. The molecule has 2 nitrogen and oxygen atoms in total. The zero-order chi connectivity index (χ0) is 12.0. The third kappa shape index (κ3) is 2.06. The second-order valence-electron chi connectivity index (χ2n) is 4.99. The number of rotatable bonds is 0. The highest BCUT2D eigenvalue weighted by molar-refractivity contribution is 6.30. The highest BCUT2D eigenvalue weighted by Crippen LogP contribution is 2.39. The van der Waals surface area contributed by atoms with Crippen molar-refractivity contribution in [2.75, 3.05) is 6.61 Å². The molecule has 0 aromatic heterocycles. The quantitative estimate of drug-likeness (QED) is 0.723. The van der Waals surface area contributed by atoms with Crippen LogP contribution in [0.3, 0.4) is 0 Å². The minimum Gasteiger partial charge on any atom is -0.376 e. The van der Waals surface area contributed by atoms with E-state index in [1.807, 2.05) is 6.07 Å². The van der Waals surface area contributed by atoms with Crippen molar-refractivity contribution in [2.45, 2.75) is 37.1 Å². The first-order valence-corrected chi connectivity index (χ1v) is 6.98. The molecule has 1 aromatic carbocycles. The van der Waals surface area contributed by atoms with Crippen molar-refractivity contribution in [2.24, 2.45) is 0 Å². The lowest BCUT2D eigenvalue weighted by atomic mass is 9.99. The summed E-state index contributed by atoms with van der Waals surface area (Å²) in [5, 5.41) is 4.34. The molecule has 0 spiro atoms. The van der Waals surface area contributed by atoms with E-state index in [0.717, 1.165) is 18.1 Å². The van der Waals surface area contributed by atoms with Gasteiger partial charge in [0.05, 0.1) is 12.7 Å². The Morgan fingerprint density at radius 1 is 1.47 bits per heavy atom.